The molecule has 7 nitrogen and oxygen atoms in total. The molecule has 0 radical (unpaired) electrons. The maximum Gasteiger partial charge on any atom is 0.303 e. The lowest BCUT2D eigenvalue weighted by Gasteiger charge is -2.22. The standard InChI is InChI=1S/C16H23N3O4/c1-18-14-6-5-12(19(7-9-20)8-10-21)11-13(14)17-15(18)3-2-4-16(22)23/h5-6,11,20-21H,2-4,7-10H2,1H3,(H,22,23)/i1D3. The zero-order valence-corrected chi connectivity index (χ0v) is 12.8. The molecule has 3 N–H and O–H groups in total. The molecule has 1 aromatic carbocycles. The molecule has 0 aliphatic rings. The number of aromatic nitrogens is 2. The molecule has 126 valence electrons. The summed E-state index contributed by atoms with van der Waals surface area (Å²) in [6, 6.07) is 5.08. The van der Waals surface area contributed by atoms with Crippen molar-refractivity contribution >= 4 is 22.7 Å². The number of aliphatic carboxylic acids is 1. The molecule has 0 saturated heterocycles. The highest BCUT2D eigenvalue weighted by atomic mass is 16.4. The molecule has 0 spiro atoms. The largest absolute Gasteiger partial charge is 0.481 e. The van der Waals surface area contributed by atoms with E-state index in [1.807, 2.05) is 0 Å². The Bertz CT molecular complexity index is 755. The van der Waals surface area contributed by atoms with Crippen molar-refractivity contribution < 1.29 is 24.2 Å². The van der Waals surface area contributed by atoms with Crippen LogP contribution in [-0.4, -0.2) is 57.1 Å². The van der Waals surface area contributed by atoms with Crippen LogP contribution < -0.4 is 4.90 Å². The molecule has 0 fully saturated rings. The van der Waals surface area contributed by atoms with Gasteiger partial charge in [-0.15, -0.1) is 0 Å². The molecule has 0 bridgehead atoms. The number of hydrogen-bond donors (Lipinski definition) is 3. The van der Waals surface area contributed by atoms with E-state index in [0.717, 1.165) is 4.57 Å². The summed E-state index contributed by atoms with van der Waals surface area (Å²) in [5.74, 6) is -0.623. The number of aryl methyl sites for hydroxylation is 2. The van der Waals surface area contributed by atoms with E-state index in [1.54, 1.807) is 23.1 Å². The number of carbonyl (C=O) groups is 1. The highest BCUT2D eigenvalue weighted by Crippen LogP contribution is 2.23. The molecule has 0 unspecified atom stereocenters. The van der Waals surface area contributed by atoms with Gasteiger partial charge in [0.05, 0.1) is 24.2 Å². The lowest BCUT2D eigenvalue weighted by Crippen LogP contribution is -2.29. The van der Waals surface area contributed by atoms with E-state index < -0.39 is 12.9 Å². The number of aliphatic hydroxyl groups excluding tert-OH is 2. The number of benzene rings is 1. The lowest BCUT2D eigenvalue weighted by molar-refractivity contribution is -0.137. The first-order valence-electron chi connectivity index (χ1n) is 8.98. The Morgan fingerprint density at radius 1 is 1.35 bits per heavy atom. The van der Waals surface area contributed by atoms with Crippen LogP contribution in [0.3, 0.4) is 0 Å². The number of rotatable bonds is 9. The highest BCUT2D eigenvalue weighted by Gasteiger charge is 2.11. The first-order chi connectivity index (χ1) is 12.3. The number of anilines is 1. The van der Waals surface area contributed by atoms with Crippen LogP contribution in [0, 0.1) is 0 Å². The number of imidazole rings is 1. The van der Waals surface area contributed by atoms with Gasteiger partial charge in [0.2, 0.25) is 0 Å². The minimum atomic E-state index is -2.43. The van der Waals surface area contributed by atoms with Crippen molar-refractivity contribution in [2.45, 2.75) is 19.3 Å². The molecule has 0 atom stereocenters. The van der Waals surface area contributed by atoms with E-state index in [-0.39, 0.29) is 26.1 Å². The average Bonchev–Trinajstić information content (AvgIpc) is 2.91. The minimum Gasteiger partial charge on any atom is -0.481 e. The smallest absolute Gasteiger partial charge is 0.303 e. The van der Waals surface area contributed by atoms with Gasteiger partial charge < -0.3 is 24.8 Å². The number of hydrogen-bond acceptors (Lipinski definition) is 5. The Morgan fingerprint density at radius 3 is 2.70 bits per heavy atom. The Kier molecular flexibility index (Phi) is 4.60. The van der Waals surface area contributed by atoms with Crippen LogP contribution >= 0.6 is 0 Å². The number of carboxylic acid groups (broad SMARTS) is 1. The van der Waals surface area contributed by atoms with E-state index in [0.29, 0.717) is 42.1 Å². The van der Waals surface area contributed by atoms with Crippen LogP contribution in [0.15, 0.2) is 18.2 Å². The SMILES string of the molecule is [2H]C([2H])([2H])n1c(CCCC(=O)O)nc2cc(N(CCO)CCO)ccc21. The Morgan fingerprint density at radius 2 is 2.09 bits per heavy atom. The Labute approximate surface area is 139 Å². The van der Waals surface area contributed by atoms with Crippen molar-refractivity contribution in [1.82, 2.24) is 9.55 Å². The quantitative estimate of drug-likeness (QED) is 0.630. The fourth-order valence-corrected chi connectivity index (χ4v) is 2.49. The molecular formula is C16H23N3O4. The predicted octanol–water partition coefficient (Wildman–Crippen LogP) is 0.772. The third kappa shape index (κ3) is 4.20. The van der Waals surface area contributed by atoms with Gasteiger partial charge in [0.25, 0.3) is 0 Å². The average molecular weight is 324 g/mol. The van der Waals surface area contributed by atoms with Crippen molar-refractivity contribution in [1.29, 1.82) is 0 Å². The van der Waals surface area contributed by atoms with E-state index in [2.05, 4.69) is 4.98 Å². The molecule has 23 heavy (non-hydrogen) atoms. The molecule has 7 heteroatoms. The molecule has 2 rings (SSSR count). The summed E-state index contributed by atoms with van der Waals surface area (Å²) in [6.07, 6.45) is 0.477. The summed E-state index contributed by atoms with van der Waals surface area (Å²) in [4.78, 5) is 16.9. The number of aliphatic hydroxyl groups is 2. The number of nitrogens with zero attached hydrogens (tertiary/aromatic N) is 3. The molecule has 0 amide bonds. The topological polar surface area (TPSA) is 98.8 Å². The zero-order valence-electron chi connectivity index (χ0n) is 15.8. The monoisotopic (exact) mass is 324 g/mol. The molecular weight excluding hydrogens is 298 g/mol. The molecule has 0 aliphatic heterocycles. The lowest BCUT2D eigenvalue weighted by atomic mass is 10.2. The minimum absolute atomic E-state index is 0.0593. The first kappa shape index (κ1) is 13.3. The van der Waals surface area contributed by atoms with Crippen molar-refractivity contribution in [3.63, 3.8) is 0 Å². The third-order valence-corrected chi connectivity index (χ3v) is 3.60. The van der Waals surface area contributed by atoms with Crippen LogP contribution in [-0.2, 0) is 18.2 Å². The maximum atomic E-state index is 10.7. The number of carboxylic acids is 1. The van der Waals surface area contributed by atoms with Crippen molar-refractivity contribution in [2.24, 2.45) is 6.98 Å². The summed E-state index contributed by atoms with van der Waals surface area (Å²) < 4.78 is 24.5. The zero-order chi connectivity index (χ0) is 19.3. The third-order valence-electron chi connectivity index (χ3n) is 3.60. The molecule has 1 heterocycles. The van der Waals surface area contributed by atoms with Gasteiger partial charge in [-0.05, 0) is 24.6 Å². The summed E-state index contributed by atoms with van der Waals surface area (Å²) in [5.41, 5.74) is 1.63. The summed E-state index contributed by atoms with van der Waals surface area (Å²) >= 11 is 0. The maximum absolute atomic E-state index is 10.7. The summed E-state index contributed by atoms with van der Waals surface area (Å²) in [6.45, 7) is -1.93. The molecule has 0 saturated carbocycles. The van der Waals surface area contributed by atoms with Crippen LogP contribution in [0.1, 0.15) is 22.8 Å². The van der Waals surface area contributed by atoms with Crippen molar-refractivity contribution in [2.75, 3.05) is 31.2 Å². The fourth-order valence-electron chi connectivity index (χ4n) is 2.49. The van der Waals surface area contributed by atoms with Gasteiger partial charge >= 0.3 is 5.97 Å². The Balaban J connectivity index is 2.43. The van der Waals surface area contributed by atoms with E-state index in [1.165, 1.54) is 0 Å². The second kappa shape index (κ2) is 7.94. The van der Waals surface area contributed by atoms with Gasteiger partial charge in [-0.25, -0.2) is 4.98 Å². The van der Waals surface area contributed by atoms with Gasteiger partial charge in [0.1, 0.15) is 5.82 Å². The second-order valence-electron chi connectivity index (χ2n) is 5.22. The van der Waals surface area contributed by atoms with Gasteiger partial charge in [-0.1, -0.05) is 0 Å². The van der Waals surface area contributed by atoms with E-state index in [4.69, 9.17) is 19.4 Å². The predicted molar refractivity (Wildman–Crippen MR) is 87.7 cm³/mol. The van der Waals surface area contributed by atoms with Crippen LogP contribution in [0.2, 0.25) is 0 Å². The summed E-state index contributed by atoms with van der Waals surface area (Å²) in [7, 11) is 0. The van der Waals surface area contributed by atoms with Crippen LogP contribution in [0.4, 0.5) is 5.69 Å². The molecule has 0 aliphatic carbocycles. The highest BCUT2D eigenvalue weighted by molar-refractivity contribution is 5.80. The van der Waals surface area contributed by atoms with Gasteiger partial charge in [0.15, 0.2) is 0 Å². The first-order valence-corrected chi connectivity index (χ1v) is 7.48. The summed E-state index contributed by atoms with van der Waals surface area (Å²) in [5, 5.41) is 27.1. The second-order valence-corrected chi connectivity index (χ2v) is 5.22. The number of fused-ring (bicyclic) bond motifs is 1. The van der Waals surface area contributed by atoms with Gasteiger partial charge in [0, 0.05) is 42.7 Å². The normalized spacial score (nSPS) is 13.6. The van der Waals surface area contributed by atoms with Crippen LogP contribution in [0.25, 0.3) is 11.0 Å². The fraction of sp³-hybridized carbons (Fsp3) is 0.500. The Hall–Kier alpha value is -2.12. The molecule has 2 aromatic rings. The van der Waals surface area contributed by atoms with Crippen molar-refractivity contribution in [3.8, 4) is 0 Å². The van der Waals surface area contributed by atoms with Gasteiger partial charge in [-0.2, -0.15) is 0 Å². The van der Waals surface area contributed by atoms with Gasteiger partial charge in [-0.3, -0.25) is 4.79 Å². The van der Waals surface area contributed by atoms with E-state index >= 15 is 0 Å². The van der Waals surface area contributed by atoms with Crippen molar-refractivity contribution in [3.05, 3.63) is 24.0 Å². The van der Waals surface area contributed by atoms with E-state index in [9.17, 15) is 4.79 Å². The molecule has 1 aromatic heterocycles. The van der Waals surface area contributed by atoms with Crippen LogP contribution in [0.5, 0.6) is 0 Å².